The summed E-state index contributed by atoms with van der Waals surface area (Å²) in [6.07, 6.45) is 5.08. The van der Waals surface area contributed by atoms with E-state index >= 15 is 0 Å². The molecule has 1 aliphatic rings. The lowest BCUT2D eigenvalue weighted by Gasteiger charge is -2.24. The van der Waals surface area contributed by atoms with Crippen LogP contribution in [0.3, 0.4) is 0 Å². The molecule has 1 aliphatic carbocycles. The summed E-state index contributed by atoms with van der Waals surface area (Å²) < 4.78 is 5.36. The average Bonchev–Trinajstić information content (AvgIpc) is 2.31. The van der Waals surface area contributed by atoms with E-state index in [1.165, 1.54) is 6.42 Å². The van der Waals surface area contributed by atoms with Gasteiger partial charge in [0, 0.05) is 0 Å². The van der Waals surface area contributed by atoms with Gasteiger partial charge in [0.15, 0.2) is 11.4 Å². The highest BCUT2D eigenvalue weighted by Crippen LogP contribution is 2.59. The van der Waals surface area contributed by atoms with Gasteiger partial charge in [-0.15, -0.1) is 0 Å². The Morgan fingerprint density at radius 1 is 1.00 bits per heavy atom. The molecule has 0 bridgehead atoms. The second-order valence-corrected chi connectivity index (χ2v) is 6.38. The van der Waals surface area contributed by atoms with Gasteiger partial charge in [-0.25, -0.2) is 0 Å². The van der Waals surface area contributed by atoms with Crippen LogP contribution in [0, 0.1) is 0 Å². The van der Waals surface area contributed by atoms with E-state index in [2.05, 4.69) is 0 Å². The van der Waals surface area contributed by atoms with E-state index in [1.54, 1.807) is 12.1 Å². The molecule has 0 amide bonds. The van der Waals surface area contributed by atoms with Crippen molar-refractivity contribution in [2.45, 2.75) is 37.8 Å². The molecule has 16 heavy (non-hydrogen) atoms. The topological polar surface area (TPSA) is 49.7 Å². The van der Waals surface area contributed by atoms with Crippen LogP contribution < -0.4 is 4.52 Å². The van der Waals surface area contributed by atoms with Gasteiger partial charge in [-0.2, -0.15) is 9.79 Å². The summed E-state index contributed by atoms with van der Waals surface area (Å²) in [4.78, 5) is 20.1. The predicted molar refractivity (Wildman–Crippen MR) is 65.3 cm³/mol. The van der Waals surface area contributed by atoms with Gasteiger partial charge in [-0.3, -0.25) is 4.52 Å². The number of para-hydroxylation sites is 1. The molecule has 0 saturated heterocycles. The van der Waals surface area contributed by atoms with Gasteiger partial charge in [0.1, 0.15) is 0 Å². The van der Waals surface area contributed by atoms with Crippen molar-refractivity contribution in [2.75, 3.05) is 0 Å². The maximum absolute atomic E-state index is 10.0. The highest BCUT2D eigenvalue weighted by Gasteiger charge is 2.47. The Bertz CT molecular complexity index is 320. The van der Waals surface area contributed by atoms with Crippen molar-refractivity contribution in [3.8, 4) is 5.75 Å². The van der Waals surface area contributed by atoms with E-state index in [0.29, 0.717) is 5.75 Å². The first-order valence-corrected chi connectivity index (χ1v) is 7.45. The van der Waals surface area contributed by atoms with E-state index in [-0.39, 0.29) is 5.66 Å². The molecule has 1 aromatic carbocycles. The zero-order valence-corrected chi connectivity index (χ0v) is 10.1. The summed E-state index contributed by atoms with van der Waals surface area (Å²) in [5.74, 6) is 0.548. The Morgan fingerprint density at radius 2 is 1.62 bits per heavy atom. The molecule has 0 aliphatic heterocycles. The smallest absolute Gasteiger partial charge is 0.287 e. The Labute approximate surface area is 96.7 Å². The Balaban J connectivity index is 2.01. The van der Waals surface area contributed by atoms with Gasteiger partial charge in [0.2, 0.25) is 0 Å². The van der Waals surface area contributed by atoms with E-state index in [0.717, 1.165) is 25.7 Å². The highest BCUT2D eigenvalue weighted by atomic mass is 31.2. The molecule has 0 heterocycles. The molecular weight excluding hydrogens is 223 g/mol. The SMILES string of the molecule is O[P+](O)(Oc1ccccc1)C1CCCCC1. The molecule has 3 nitrogen and oxygen atoms in total. The Morgan fingerprint density at radius 3 is 2.25 bits per heavy atom. The molecule has 2 rings (SSSR count). The standard InChI is InChI=1S/C12H18O3P/c13-16(14,12-9-5-2-6-10-12)15-11-7-3-1-4-8-11/h1,3-4,7-8,12-14H,2,5-6,9-10H2/q+1. The molecule has 4 heteroatoms. The summed E-state index contributed by atoms with van der Waals surface area (Å²) >= 11 is 0. The van der Waals surface area contributed by atoms with E-state index < -0.39 is 7.94 Å². The molecule has 0 radical (unpaired) electrons. The third kappa shape index (κ3) is 2.94. The molecule has 1 fully saturated rings. The van der Waals surface area contributed by atoms with Crippen molar-refractivity contribution in [3.05, 3.63) is 30.3 Å². The maximum atomic E-state index is 10.0. The number of benzene rings is 1. The molecular formula is C12H18O3P+. The van der Waals surface area contributed by atoms with Crippen LogP contribution in [-0.2, 0) is 0 Å². The van der Waals surface area contributed by atoms with Crippen LogP contribution in [0.4, 0.5) is 0 Å². The van der Waals surface area contributed by atoms with Gasteiger partial charge < -0.3 is 0 Å². The first-order chi connectivity index (χ1) is 7.68. The van der Waals surface area contributed by atoms with Crippen molar-refractivity contribution < 1.29 is 14.3 Å². The normalized spacial score (nSPS) is 18.4. The monoisotopic (exact) mass is 241 g/mol. The van der Waals surface area contributed by atoms with Gasteiger partial charge in [-0.05, 0) is 37.8 Å². The van der Waals surface area contributed by atoms with Crippen LogP contribution in [0.1, 0.15) is 32.1 Å². The van der Waals surface area contributed by atoms with E-state index in [1.807, 2.05) is 18.2 Å². The van der Waals surface area contributed by atoms with Crippen LogP contribution in [0.2, 0.25) is 0 Å². The third-order valence-electron chi connectivity index (χ3n) is 3.03. The Hall–Kier alpha value is -0.630. The lowest BCUT2D eigenvalue weighted by Crippen LogP contribution is -2.20. The fraction of sp³-hybridized carbons (Fsp3) is 0.500. The van der Waals surface area contributed by atoms with Crippen molar-refractivity contribution >= 4 is 7.94 Å². The lowest BCUT2D eigenvalue weighted by molar-refractivity contribution is 0.304. The zero-order chi connectivity index (χ0) is 11.4. The van der Waals surface area contributed by atoms with Gasteiger partial charge >= 0.3 is 7.94 Å². The zero-order valence-electron chi connectivity index (χ0n) is 9.25. The first-order valence-electron chi connectivity index (χ1n) is 5.77. The van der Waals surface area contributed by atoms with Crippen LogP contribution in [0.5, 0.6) is 5.75 Å². The van der Waals surface area contributed by atoms with Crippen LogP contribution >= 0.6 is 7.94 Å². The minimum absolute atomic E-state index is 0.0681. The predicted octanol–water partition coefficient (Wildman–Crippen LogP) is 3.15. The lowest BCUT2D eigenvalue weighted by atomic mass is 10.0. The maximum Gasteiger partial charge on any atom is 0.454 e. The van der Waals surface area contributed by atoms with E-state index in [4.69, 9.17) is 4.52 Å². The largest absolute Gasteiger partial charge is 0.454 e. The van der Waals surface area contributed by atoms with Crippen molar-refractivity contribution in [1.82, 2.24) is 0 Å². The molecule has 0 aromatic heterocycles. The minimum Gasteiger partial charge on any atom is -0.287 e. The molecule has 0 unspecified atom stereocenters. The average molecular weight is 241 g/mol. The second kappa shape index (κ2) is 5.13. The fourth-order valence-electron chi connectivity index (χ4n) is 2.13. The molecule has 88 valence electrons. The Kier molecular flexibility index (Phi) is 3.80. The summed E-state index contributed by atoms with van der Waals surface area (Å²) in [7, 11) is -3.24. The minimum atomic E-state index is -3.24. The quantitative estimate of drug-likeness (QED) is 0.799. The molecule has 0 atom stereocenters. The van der Waals surface area contributed by atoms with Crippen molar-refractivity contribution in [3.63, 3.8) is 0 Å². The van der Waals surface area contributed by atoms with Gasteiger partial charge in [-0.1, -0.05) is 24.6 Å². The highest BCUT2D eigenvalue weighted by molar-refractivity contribution is 7.60. The third-order valence-corrected chi connectivity index (χ3v) is 4.98. The first kappa shape index (κ1) is 11.8. The molecule has 1 aromatic rings. The number of hydrogen-bond donors (Lipinski definition) is 2. The molecule has 2 N–H and O–H groups in total. The number of hydrogen-bond acceptors (Lipinski definition) is 3. The van der Waals surface area contributed by atoms with Gasteiger partial charge in [0.25, 0.3) is 0 Å². The van der Waals surface area contributed by atoms with Crippen LogP contribution in [0.15, 0.2) is 30.3 Å². The summed E-state index contributed by atoms with van der Waals surface area (Å²) in [6, 6.07) is 9.04. The van der Waals surface area contributed by atoms with Crippen molar-refractivity contribution in [1.29, 1.82) is 0 Å². The van der Waals surface area contributed by atoms with Crippen LogP contribution in [-0.4, -0.2) is 15.4 Å². The van der Waals surface area contributed by atoms with Crippen molar-refractivity contribution in [2.24, 2.45) is 0 Å². The van der Waals surface area contributed by atoms with Gasteiger partial charge in [0.05, 0.1) is 0 Å². The fourth-order valence-corrected chi connectivity index (χ4v) is 3.75. The molecule has 1 saturated carbocycles. The summed E-state index contributed by atoms with van der Waals surface area (Å²) in [5, 5.41) is 0. The number of rotatable bonds is 3. The van der Waals surface area contributed by atoms with Crippen LogP contribution in [0.25, 0.3) is 0 Å². The summed E-state index contributed by atoms with van der Waals surface area (Å²) in [5.41, 5.74) is -0.0681. The summed E-state index contributed by atoms with van der Waals surface area (Å²) in [6.45, 7) is 0. The molecule has 0 spiro atoms. The second-order valence-electron chi connectivity index (χ2n) is 4.29. The van der Waals surface area contributed by atoms with E-state index in [9.17, 15) is 9.79 Å².